The molecule has 0 fully saturated rings. The number of carbonyl (C=O) groups is 1. The molecule has 1 amide bonds. The van der Waals surface area contributed by atoms with Crippen LogP contribution in [0.2, 0.25) is 0 Å². The van der Waals surface area contributed by atoms with Gasteiger partial charge in [-0.2, -0.15) is 4.40 Å². The summed E-state index contributed by atoms with van der Waals surface area (Å²) in [5, 5.41) is 4.95. The van der Waals surface area contributed by atoms with Crippen LogP contribution in [-0.4, -0.2) is 20.9 Å². The van der Waals surface area contributed by atoms with Crippen molar-refractivity contribution in [3.8, 4) is 11.4 Å². The van der Waals surface area contributed by atoms with Crippen LogP contribution in [0, 0.1) is 0 Å². The van der Waals surface area contributed by atoms with E-state index < -0.39 is 0 Å². The number of aromatic nitrogens is 4. The van der Waals surface area contributed by atoms with Gasteiger partial charge in [0, 0.05) is 41.2 Å². The summed E-state index contributed by atoms with van der Waals surface area (Å²) in [5.74, 6) is 0.596. The molecule has 0 bridgehead atoms. The molecule has 5 aromatic rings. The normalized spacial score (nSPS) is 11.0. The smallest absolute Gasteiger partial charge is 0.300 e. The first-order chi connectivity index (χ1) is 13.8. The zero-order valence-electron chi connectivity index (χ0n) is 14.8. The second-order valence-electron chi connectivity index (χ2n) is 6.40. The van der Waals surface area contributed by atoms with Crippen molar-refractivity contribution < 1.29 is 9.20 Å². The molecular formula is C22H16N5O+. The van der Waals surface area contributed by atoms with E-state index in [4.69, 9.17) is 0 Å². The maximum Gasteiger partial charge on any atom is 0.300 e. The minimum atomic E-state index is -0.205. The average Bonchev–Trinajstić information content (AvgIpc) is 3.15. The lowest BCUT2D eigenvalue weighted by molar-refractivity contribution is -0.498. The summed E-state index contributed by atoms with van der Waals surface area (Å²) in [6.45, 7) is 0. The number of benzene rings is 1. The second kappa shape index (κ2) is 6.59. The molecule has 6 heteroatoms. The Balaban J connectivity index is 1.60. The SMILES string of the molecule is O=C(Nc1cccc2cnccc12)c1[nH]c(-c2cccnc2)[n+]2ccccc12. The van der Waals surface area contributed by atoms with E-state index in [-0.39, 0.29) is 5.91 Å². The summed E-state index contributed by atoms with van der Waals surface area (Å²) in [4.78, 5) is 24.7. The zero-order chi connectivity index (χ0) is 18.9. The van der Waals surface area contributed by atoms with Crippen molar-refractivity contribution in [1.29, 1.82) is 0 Å². The van der Waals surface area contributed by atoms with Crippen LogP contribution in [0.15, 0.2) is 85.6 Å². The van der Waals surface area contributed by atoms with Gasteiger partial charge in [-0.15, -0.1) is 0 Å². The van der Waals surface area contributed by atoms with E-state index in [0.29, 0.717) is 5.69 Å². The van der Waals surface area contributed by atoms with Crippen LogP contribution < -0.4 is 9.72 Å². The first-order valence-corrected chi connectivity index (χ1v) is 8.88. The van der Waals surface area contributed by atoms with Crippen LogP contribution in [0.1, 0.15) is 10.5 Å². The molecule has 0 atom stereocenters. The third kappa shape index (κ3) is 2.68. The van der Waals surface area contributed by atoms with Gasteiger partial charge >= 0.3 is 0 Å². The number of anilines is 1. The summed E-state index contributed by atoms with van der Waals surface area (Å²) < 4.78 is 1.96. The number of hydrogen-bond donors (Lipinski definition) is 2. The summed E-state index contributed by atoms with van der Waals surface area (Å²) in [7, 11) is 0. The number of carbonyl (C=O) groups excluding carboxylic acids is 1. The molecule has 0 unspecified atom stereocenters. The Labute approximate surface area is 160 Å². The monoisotopic (exact) mass is 366 g/mol. The second-order valence-corrected chi connectivity index (χ2v) is 6.40. The van der Waals surface area contributed by atoms with Crippen molar-refractivity contribution in [2.24, 2.45) is 0 Å². The molecule has 4 aromatic heterocycles. The van der Waals surface area contributed by atoms with E-state index in [2.05, 4.69) is 20.3 Å². The van der Waals surface area contributed by atoms with E-state index in [0.717, 1.165) is 33.4 Å². The minimum Gasteiger partial charge on any atom is -0.318 e. The number of hydrogen-bond acceptors (Lipinski definition) is 3. The number of fused-ring (bicyclic) bond motifs is 2. The highest BCUT2D eigenvalue weighted by atomic mass is 16.1. The molecule has 2 N–H and O–H groups in total. The van der Waals surface area contributed by atoms with E-state index in [9.17, 15) is 4.79 Å². The first kappa shape index (κ1) is 16.1. The van der Waals surface area contributed by atoms with E-state index in [1.165, 1.54) is 0 Å². The van der Waals surface area contributed by atoms with Crippen molar-refractivity contribution in [1.82, 2.24) is 15.0 Å². The topological polar surface area (TPSA) is 74.8 Å². The van der Waals surface area contributed by atoms with Gasteiger partial charge in [0.15, 0.2) is 5.52 Å². The highest BCUT2D eigenvalue weighted by Gasteiger charge is 2.25. The van der Waals surface area contributed by atoms with Crippen LogP contribution in [0.25, 0.3) is 27.7 Å². The van der Waals surface area contributed by atoms with Gasteiger partial charge < -0.3 is 5.32 Å². The quantitative estimate of drug-likeness (QED) is 0.479. The molecule has 5 rings (SSSR count). The lowest BCUT2D eigenvalue weighted by Gasteiger charge is -2.06. The zero-order valence-corrected chi connectivity index (χ0v) is 14.8. The summed E-state index contributed by atoms with van der Waals surface area (Å²) in [6, 6.07) is 17.2. The fourth-order valence-corrected chi connectivity index (χ4v) is 3.39. The maximum absolute atomic E-state index is 13.1. The first-order valence-electron chi connectivity index (χ1n) is 8.88. The van der Waals surface area contributed by atoms with Gasteiger partial charge in [0.2, 0.25) is 5.69 Å². The summed E-state index contributed by atoms with van der Waals surface area (Å²) in [6.07, 6.45) is 8.92. The third-order valence-electron chi connectivity index (χ3n) is 4.69. The molecule has 0 aliphatic carbocycles. The number of imidazole rings is 1. The average molecular weight is 366 g/mol. The Kier molecular flexibility index (Phi) is 3.80. The molecule has 6 nitrogen and oxygen atoms in total. The Hall–Kier alpha value is -4.06. The van der Waals surface area contributed by atoms with Crippen LogP contribution in [-0.2, 0) is 0 Å². The minimum absolute atomic E-state index is 0.205. The molecule has 4 heterocycles. The van der Waals surface area contributed by atoms with E-state index in [1.54, 1.807) is 24.8 Å². The van der Waals surface area contributed by atoms with Crippen molar-refractivity contribution >= 4 is 27.9 Å². The van der Waals surface area contributed by atoms with Gasteiger partial charge in [0.05, 0.1) is 11.8 Å². The molecule has 1 aromatic carbocycles. The van der Waals surface area contributed by atoms with Gasteiger partial charge in [-0.25, -0.2) is 4.98 Å². The number of pyridine rings is 3. The molecule has 0 spiro atoms. The van der Waals surface area contributed by atoms with Crippen molar-refractivity contribution in [2.45, 2.75) is 0 Å². The van der Waals surface area contributed by atoms with Gasteiger partial charge in [0.25, 0.3) is 11.7 Å². The number of nitrogens with zero attached hydrogens (tertiary/aromatic N) is 3. The van der Waals surface area contributed by atoms with Crippen molar-refractivity contribution in [3.63, 3.8) is 0 Å². The van der Waals surface area contributed by atoms with Crippen LogP contribution in [0.4, 0.5) is 5.69 Å². The molecule has 0 saturated carbocycles. The van der Waals surface area contributed by atoms with Crippen molar-refractivity contribution in [2.75, 3.05) is 5.32 Å². The number of rotatable bonds is 3. The molecule has 0 aliphatic heterocycles. The molecule has 28 heavy (non-hydrogen) atoms. The Bertz CT molecular complexity index is 1310. The number of amides is 1. The highest BCUT2D eigenvalue weighted by Crippen LogP contribution is 2.23. The Morgan fingerprint density at radius 2 is 1.86 bits per heavy atom. The number of H-pyrrole nitrogens is 1. The van der Waals surface area contributed by atoms with Gasteiger partial charge in [-0.1, -0.05) is 18.2 Å². The van der Waals surface area contributed by atoms with E-state index in [1.807, 2.05) is 65.2 Å². The number of nitrogens with one attached hydrogen (secondary N) is 2. The Morgan fingerprint density at radius 1 is 0.929 bits per heavy atom. The predicted octanol–water partition coefficient (Wildman–Crippen LogP) is 3.62. The van der Waals surface area contributed by atoms with Crippen LogP contribution >= 0.6 is 0 Å². The Morgan fingerprint density at radius 3 is 2.75 bits per heavy atom. The lowest BCUT2D eigenvalue weighted by Crippen LogP contribution is -2.22. The van der Waals surface area contributed by atoms with Crippen LogP contribution in [0.3, 0.4) is 0 Å². The van der Waals surface area contributed by atoms with Gasteiger partial charge in [0.1, 0.15) is 0 Å². The molecule has 0 aliphatic rings. The molecule has 134 valence electrons. The maximum atomic E-state index is 13.1. The van der Waals surface area contributed by atoms with E-state index >= 15 is 0 Å². The van der Waals surface area contributed by atoms with Crippen LogP contribution in [0.5, 0.6) is 0 Å². The van der Waals surface area contributed by atoms with Gasteiger partial charge in [-0.05, 0) is 36.4 Å². The lowest BCUT2D eigenvalue weighted by atomic mass is 10.1. The fraction of sp³-hybridized carbons (Fsp3) is 0. The third-order valence-corrected chi connectivity index (χ3v) is 4.69. The molecule has 0 radical (unpaired) electrons. The fourth-order valence-electron chi connectivity index (χ4n) is 3.39. The molecular weight excluding hydrogens is 350 g/mol. The standard InChI is InChI=1S/C22H15N5O/c28-22(25-18-7-3-5-15-13-24-11-9-17(15)18)20-19-8-1-2-12-27(19)21(26-20)16-6-4-10-23-14-16/h1-14H,(H,25,28)/p+1. The number of aromatic amines is 1. The largest absolute Gasteiger partial charge is 0.318 e. The highest BCUT2D eigenvalue weighted by molar-refractivity contribution is 6.10. The summed E-state index contributed by atoms with van der Waals surface area (Å²) in [5.41, 5.74) is 2.93. The predicted molar refractivity (Wildman–Crippen MR) is 107 cm³/mol. The molecule has 0 saturated heterocycles. The van der Waals surface area contributed by atoms with Gasteiger partial charge in [-0.3, -0.25) is 14.8 Å². The van der Waals surface area contributed by atoms with Crippen molar-refractivity contribution in [3.05, 3.63) is 91.3 Å². The summed E-state index contributed by atoms with van der Waals surface area (Å²) >= 11 is 0.